The number of aryl methyl sites for hydroxylation is 3. The third-order valence-corrected chi connectivity index (χ3v) is 6.28. The number of hydrogen-bond acceptors (Lipinski definition) is 7. The minimum Gasteiger partial charge on any atom is -0.329 e. The molecular weight excluding hydrogens is 464 g/mol. The number of nitrogens with one attached hydrogen (secondary N) is 1. The average Bonchev–Trinajstić information content (AvgIpc) is 3.57. The van der Waals surface area contributed by atoms with Crippen molar-refractivity contribution >= 4 is 0 Å². The fourth-order valence-electron chi connectivity index (χ4n) is 4.61. The molecule has 0 unspecified atom stereocenters. The lowest BCUT2D eigenvalue weighted by Gasteiger charge is -2.12. The summed E-state index contributed by atoms with van der Waals surface area (Å²) in [4.78, 5) is 23.2. The summed E-state index contributed by atoms with van der Waals surface area (Å²) in [6, 6.07) is 8.39. The summed E-state index contributed by atoms with van der Waals surface area (Å²) in [6.07, 6.45) is 12.1. The van der Waals surface area contributed by atoms with Gasteiger partial charge in [0.15, 0.2) is 0 Å². The van der Waals surface area contributed by atoms with Crippen molar-refractivity contribution in [3.63, 3.8) is 0 Å². The molecule has 0 aliphatic rings. The molecule has 3 N–H and O–H groups in total. The summed E-state index contributed by atoms with van der Waals surface area (Å²) in [6.45, 7) is 8.68. The first-order chi connectivity index (χ1) is 18.0. The van der Waals surface area contributed by atoms with Gasteiger partial charge in [-0.1, -0.05) is 0 Å². The van der Waals surface area contributed by atoms with Crippen LogP contribution in [0.1, 0.15) is 51.4 Å². The third-order valence-electron chi connectivity index (χ3n) is 6.28. The second-order valence-corrected chi connectivity index (χ2v) is 9.36. The number of imidazole rings is 3. The Morgan fingerprint density at radius 2 is 1.11 bits per heavy atom. The van der Waals surface area contributed by atoms with Gasteiger partial charge in [0.1, 0.15) is 17.5 Å². The van der Waals surface area contributed by atoms with Crippen molar-refractivity contribution in [3.8, 4) is 0 Å². The number of pyridine rings is 2. The van der Waals surface area contributed by atoms with Crippen molar-refractivity contribution in [1.29, 1.82) is 0 Å². The predicted molar refractivity (Wildman–Crippen MR) is 141 cm³/mol. The van der Waals surface area contributed by atoms with E-state index in [0.29, 0.717) is 32.6 Å². The highest BCUT2D eigenvalue weighted by molar-refractivity contribution is 5.23. The monoisotopic (exact) mass is 496 g/mol. The molecule has 10 heteroatoms. The van der Waals surface area contributed by atoms with Gasteiger partial charge < -0.3 is 13.7 Å². The maximum Gasteiger partial charge on any atom is 0.116 e. The number of nitrogens with two attached hydrogens (primary N) is 1. The molecule has 5 rings (SSSR count). The van der Waals surface area contributed by atoms with Crippen LogP contribution >= 0.6 is 0 Å². The third kappa shape index (κ3) is 5.99. The summed E-state index contributed by atoms with van der Waals surface area (Å²) in [5.41, 5.74) is 8.93. The molecule has 0 atom stereocenters. The van der Waals surface area contributed by atoms with Gasteiger partial charge in [-0.05, 0) is 56.2 Å². The van der Waals surface area contributed by atoms with Crippen molar-refractivity contribution in [3.05, 3.63) is 113 Å². The quantitative estimate of drug-likeness (QED) is 0.225. The largest absolute Gasteiger partial charge is 0.329 e. The molecule has 0 saturated carbocycles. The zero-order valence-corrected chi connectivity index (χ0v) is 21.5. The van der Waals surface area contributed by atoms with Crippen molar-refractivity contribution in [2.24, 2.45) is 5.84 Å². The SMILES string of the molecule is Cc1cc(CNN)nc(Cn2ccnc2Cc2nccn2Cc2cc(C)cc(Cn3ccnc3C)n2)c1. The van der Waals surface area contributed by atoms with E-state index in [1.807, 2.05) is 50.2 Å². The van der Waals surface area contributed by atoms with Crippen LogP contribution in [0.4, 0.5) is 0 Å². The molecular formula is C27H32N10. The number of aromatic nitrogens is 8. The van der Waals surface area contributed by atoms with Gasteiger partial charge >= 0.3 is 0 Å². The highest BCUT2D eigenvalue weighted by Gasteiger charge is 2.12. The highest BCUT2D eigenvalue weighted by Crippen LogP contribution is 2.14. The molecule has 0 spiro atoms. The molecule has 5 aromatic heterocycles. The van der Waals surface area contributed by atoms with Gasteiger partial charge in [0.2, 0.25) is 0 Å². The highest BCUT2D eigenvalue weighted by atomic mass is 15.2. The van der Waals surface area contributed by atoms with Crippen molar-refractivity contribution < 1.29 is 0 Å². The predicted octanol–water partition coefficient (Wildman–Crippen LogP) is 2.69. The molecule has 0 bridgehead atoms. The second-order valence-electron chi connectivity index (χ2n) is 9.36. The minimum atomic E-state index is 0.527. The fourth-order valence-corrected chi connectivity index (χ4v) is 4.61. The van der Waals surface area contributed by atoms with E-state index in [1.165, 1.54) is 5.56 Å². The summed E-state index contributed by atoms with van der Waals surface area (Å²) in [5.74, 6) is 8.34. The van der Waals surface area contributed by atoms with Crippen LogP contribution in [0.2, 0.25) is 0 Å². The van der Waals surface area contributed by atoms with E-state index < -0.39 is 0 Å². The van der Waals surface area contributed by atoms with Crippen molar-refractivity contribution in [2.45, 2.75) is 53.4 Å². The molecule has 0 fully saturated rings. The fraction of sp³-hybridized carbons (Fsp3) is 0.296. The first-order valence-electron chi connectivity index (χ1n) is 12.3. The number of rotatable bonds is 10. The zero-order valence-electron chi connectivity index (χ0n) is 21.5. The van der Waals surface area contributed by atoms with Crippen LogP contribution in [0.5, 0.6) is 0 Å². The van der Waals surface area contributed by atoms with Gasteiger partial charge in [-0.3, -0.25) is 21.2 Å². The first-order valence-corrected chi connectivity index (χ1v) is 12.3. The van der Waals surface area contributed by atoms with Gasteiger partial charge in [0.25, 0.3) is 0 Å². The summed E-state index contributed by atoms with van der Waals surface area (Å²) < 4.78 is 6.37. The van der Waals surface area contributed by atoms with Gasteiger partial charge in [0, 0.05) is 37.2 Å². The van der Waals surface area contributed by atoms with Crippen LogP contribution in [0.25, 0.3) is 0 Å². The molecule has 0 amide bonds. The minimum absolute atomic E-state index is 0.527. The second kappa shape index (κ2) is 10.9. The van der Waals surface area contributed by atoms with Crippen molar-refractivity contribution in [2.75, 3.05) is 0 Å². The van der Waals surface area contributed by atoms with E-state index in [4.69, 9.17) is 15.8 Å². The molecule has 5 heterocycles. The Morgan fingerprint density at radius 1 is 0.649 bits per heavy atom. The molecule has 0 aliphatic carbocycles. The molecule has 190 valence electrons. The standard InChI is InChI=1S/C27H32N10/c1-19-10-22(15-32-28)33-24(11-19)17-36-8-5-30-26(36)14-27-31-6-9-37(27)18-25-13-20(2)12-23(34-25)16-35-7-4-29-21(35)3/h4-13,32H,14-18,28H2,1-3H3. The Bertz CT molecular complexity index is 1490. The molecule has 37 heavy (non-hydrogen) atoms. The normalized spacial score (nSPS) is 11.4. The molecule has 5 aromatic rings. The number of nitrogens with zero attached hydrogens (tertiary/aromatic N) is 8. The van der Waals surface area contributed by atoms with E-state index in [-0.39, 0.29) is 0 Å². The van der Waals surface area contributed by atoms with Crippen LogP contribution < -0.4 is 11.3 Å². The summed E-state index contributed by atoms with van der Waals surface area (Å²) in [5, 5.41) is 0. The van der Waals surface area contributed by atoms with Gasteiger partial charge in [0.05, 0.1) is 55.4 Å². The van der Waals surface area contributed by atoms with E-state index in [2.05, 4.69) is 66.1 Å². The first kappa shape index (κ1) is 24.5. The van der Waals surface area contributed by atoms with E-state index >= 15 is 0 Å². The maximum absolute atomic E-state index is 5.50. The van der Waals surface area contributed by atoms with E-state index in [1.54, 1.807) is 0 Å². The van der Waals surface area contributed by atoms with Gasteiger partial charge in [-0.2, -0.15) is 0 Å². The Labute approximate surface area is 216 Å². The maximum atomic E-state index is 5.50. The lowest BCUT2D eigenvalue weighted by Crippen LogP contribution is -2.22. The van der Waals surface area contributed by atoms with Crippen LogP contribution in [-0.2, 0) is 32.6 Å². The molecule has 0 radical (unpaired) electrons. The van der Waals surface area contributed by atoms with E-state index in [0.717, 1.165) is 45.8 Å². The Hall–Kier alpha value is -4.15. The Balaban J connectivity index is 1.32. The zero-order chi connectivity index (χ0) is 25.8. The van der Waals surface area contributed by atoms with Gasteiger partial charge in [-0.15, -0.1) is 0 Å². The van der Waals surface area contributed by atoms with Crippen molar-refractivity contribution in [1.82, 2.24) is 44.0 Å². The Kier molecular flexibility index (Phi) is 7.20. The molecule has 0 aliphatic heterocycles. The number of hydrazine groups is 1. The van der Waals surface area contributed by atoms with Crippen LogP contribution in [0, 0.1) is 20.8 Å². The lowest BCUT2D eigenvalue weighted by atomic mass is 10.2. The van der Waals surface area contributed by atoms with Gasteiger partial charge in [-0.25, -0.2) is 15.0 Å². The molecule has 0 aromatic carbocycles. The van der Waals surface area contributed by atoms with Crippen LogP contribution in [0.3, 0.4) is 0 Å². The average molecular weight is 497 g/mol. The Morgan fingerprint density at radius 3 is 1.62 bits per heavy atom. The molecule has 10 nitrogen and oxygen atoms in total. The molecule has 0 saturated heterocycles. The number of hydrogen-bond donors (Lipinski definition) is 2. The smallest absolute Gasteiger partial charge is 0.116 e. The van der Waals surface area contributed by atoms with E-state index in [9.17, 15) is 0 Å². The van der Waals surface area contributed by atoms with Crippen LogP contribution in [0.15, 0.2) is 61.4 Å². The van der Waals surface area contributed by atoms with Crippen LogP contribution in [-0.4, -0.2) is 38.6 Å². The summed E-state index contributed by atoms with van der Waals surface area (Å²) in [7, 11) is 0. The topological polar surface area (TPSA) is 117 Å². The lowest BCUT2D eigenvalue weighted by molar-refractivity contribution is 0.665. The summed E-state index contributed by atoms with van der Waals surface area (Å²) >= 11 is 0.